The van der Waals surface area contributed by atoms with Crippen LogP contribution < -0.4 is 0 Å². The number of halogens is 1. The third-order valence-corrected chi connectivity index (χ3v) is 3.20. The lowest BCUT2D eigenvalue weighted by Crippen LogP contribution is -2.04. The Balaban J connectivity index is 2.03. The molecule has 20 heavy (non-hydrogen) atoms. The second-order valence-electron chi connectivity index (χ2n) is 5.52. The van der Waals surface area contributed by atoms with E-state index in [9.17, 15) is 9.18 Å². The molecule has 0 spiro atoms. The van der Waals surface area contributed by atoms with Crippen molar-refractivity contribution in [1.29, 1.82) is 0 Å². The first-order chi connectivity index (χ1) is 9.54. The summed E-state index contributed by atoms with van der Waals surface area (Å²) in [7, 11) is 0. The molecule has 2 aromatic rings. The molecule has 0 fully saturated rings. The highest BCUT2D eigenvalue weighted by Crippen LogP contribution is 2.12. The van der Waals surface area contributed by atoms with E-state index in [2.05, 4.69) is 13.8 Å². The normalized spacial score (nSPS) is 10.8. The SMILES string of the molecule is CC(C)Cc1ccc(C(=O)Cc2ccc(F)cc2)cc1. The van der Waals surface area contributed by atoms with E-state index in [4.69, 9.17) is 0 Å². The van der Waals surface area contributed by atoms with Crippen molar-refractivity contribution in [2.75, 3.05) is 0 Å². The standard InChI is InChI=1S/C18H19FO/c1-13(2)11-14-3-7-16(8-4-14)18(20)12-15-5-9-17(19)10-6-15/h3-10,13H,11-12H2,1-2H3. The zero-order chi connectivity index (χ0) is 14.5. The minimum absolute atomic E-state index is 0.0627. The summed E-state index contributed by atoms with van der Waals surface area (Å²) >= 11 is 0. The molecule has 2 aromatic carbocycles. The first-order valence-corrected chi connectivity index (χ1v) is 6.91. The maximum absolute atomic E-state index is 12.8. The van der Waals surface area contributed by atoms with Gasteiger partial charge in [-0.15, -0.1) is 0 Å². The van der Waals surface area contributed by atoms with Crippen molar-refractivity contribution in [2.45, 2.75) is 26.7 Å². The molecule has 0 saturated carbocycles. The summed E-state index contributed by atoms with van der Waals surface area (Å²) in [5.74, 6) is 0.391. The van der Waals surface area contributed by atoms with Gasteiger partial charge in [0.2, 0.25) is 0 Å². The molecule has 0 saturated heterocycles. The van der Waals surface area contributed by atoms with E-state index in [1.807, 2.05) is 24.3 Å². The van der Waals surface area contributed by atoms with E-state index in [1.165, 1.54) is 17.7 Å². The van der Waals surface area contributed by atoms with E-state index in [1.54, 1.807) is 12.1 Å². The molecule has 0 aromatic heterocycles. The van der Waals surface area contributed by atoms with Gasteiger partial charge in [-0.05, 0) is 35.6 Å². The largest absolute Gasteiger partial charge is 0.294 e. The van der Waals surface area contributed by atoms with Crippen LogP contribution in [0.15, 0.2) is 48.5 Å². The van der Waals surface area contributed by atoms with Gasteiger partial charge in [0.05, 0.1) is 0 Å². The summed E-state index contributed by atoms with van der Waals surface area (Å²) in [6.07, 6.45) is 1.33. The van der Waals surface area contributed by atoms with Crippen molar-refractivity contribution >= 4 is 5.78 Å². The molecule has 0 radical (unpaired) electrons. The highest BCUT2D eigenvalue weighted by Gasteiger charge is 2.07. The minimum Gasteiger partial charge on any atom is -0.294 e. The highest BCUT2D eigenvalue weighted by molar-refractivity contribution is 5.97. The Morgan fingerprint density at radius 1 is 0.950 bits per heavy atom. The number of benzene rings is 2. The first-order valence-electron chi connectivity index (χ1n) is 6.91. The van der Waals surface area contributed by atoms with Gasteiger partial charge in [-0.1, -0.05) is 50.2 Å². The maximum atomic E-state index is 12.8. The molecule has 0 bridgehead atoms. The average molecular weight is 270 g/mol. The lowest BCUT2D eigenvalue weighted by Gasteiger charge is -2.06. The quantitative estimate of drug-likeness (QED) is 0.734. The van der Waals surface area contributed by atoms with Gasteiger partial charge >= 0.3 is 0 Å². The minimum atomic E-state index is -0.278. The third-order valence-electron chi connectivity index (χ3n) is 3.20. The van der Waals surface area contributed by atoms with Crippen molar-refractivity contribution in [1.82, 2.24) is 0 Å². The summed E-state index contributed by atoms with van der Waals surface area (Å²) in [5, 5.41) is 0. The van der Waals surface area contributed by atoms with E-state index in [0.717, 1.165) is 12.0 Å². The van der Waals surface area contributed by atoms with Gasteiger partial charge in [0.1, 0.15) is 5.82 Å². The monoisotopic (exact) mass is 270 g/mol. The summed E-state index contributed by atoms with van der Waals surface area (Å²) in [4.78, 5) is 12.1. The van der Waals surface area contributed by atoms with Crippen LogP contribution >= 0.6 is 0 Å². The fourth-order valence-electron chi connectivity index (χ4n) is 2.19. The fraction of sp³-hybridized carbons (Fsp3) is 0.278. The molecule has 0 N–H and O–H groups in total. The van der Waals surface area contributed by atoms with Crippen molar-refractivity contribution in [3.63, 3.8) is 0 Å². The van der Waals surface area contributed by atoms with Crippen molar-refractivity contribution in [3.05, 3.63) is 71.0 Å². The third kappa shape index (κ3) is 4.02. The molecule has 2 heteroatoms. The molecule has 104 valence electrons. The molecule has 0 atom stereocenters. The van der Waals surface area contributed by atoms with Gasteiger partial charge in [0, 0.05) is 12.0 Å². The van der Waals surface area contributed by atoms with E-state index in [0.29, 0.717) is 17.9 Å². The Kier molecular flexibility index (Phi) is 4.67. The number of rotatable bonds is 5. The molecule has 0 heterocycles. The Morgan fingerprint density at radius 2 is 1.50 bits per heavy atom. The number of carbonyl (C=O) groups excluding carboxylic acids is 1. The lowest BCUT2D eigenvalue weighted by molar-refractivity contribution is 0.0993. The molecule has 1 nitrogen and oxygen atoms in total. The molecular weight excluding hydrogens is 251 g/mol. The summed E-state index contributed by atoms with van der Waals surface area (Å²) in [5.41, 5.74) is 2.79. The predicted octanol–water partition coefficient (Wildman–Crippen LogP) is 4.45. The van der Waals surface area contributed by atoms with Crippen LogP contribution in [0, 0.1) is 11.7 Å². The summed E-state index contributed by atoms with van der Waals surface area (Å²) in [6.45, 7) is 4.35. The van der Waals surface area contributed by atoms with Gasteiger partial charge < -0.3 is 0 Å². The lowest BCUT2D eigenvalue weighted by atomic mass is 9.98. The molecule has 0 aliphatic heterocycles. The second-order valence-corrected chi connectivity index (χ2v) is 5.52. The predicted molar refractivity (Wildman–Crippen MR) is 79.4 cm³/mol. The molecule has 0 aliphatic rings. The topological polar surface area (TPSA) is 17.1 Å². The smallest absolute Gasteiger partial charge is 0.167 e. The summed E-state index contributed by atoms with van der Waals surface area (Å²) in [6, 6.07) is 13.9. The van der Waals surface area contributed by atoms with E-state index >= 15 is 0 Å². The van der Waals surface area contributed by atoms with Crippen LogP contribution in [0.25, 0.3) is 0 Å². The van der Waals surface area contributed by atoms with Crippen LogP contribution in [0.3, 0.4) is 0 Å². The maximum Gasteiger partial charge on any atom is 0.167 e. The van der Waals surface area contributed by atoms with Crippen LogP contribution in [0.5, 0.6) is 0 Å². The average Bonchev–Trinajstić information content (AvgIpc) is 2.41. The molecular formula is C18H19FO. The van der Waals surface area contributed by atoms with Crippen LogP contribution in [-0.4, -0.2) is 5.78 Å². The second kappa shape index (κ2) is 6.47. The Morgan fingerprint density at radius 3 is 2.05 bits per heavy atom. The number of Topliss-reactive ketones (excluding diaryl/α,β-unsaturated/α-hetero) is 1. The van der Waals surface area contributed by atoms with E-state index in [-0.39, 0.29) is 11.6 Å². The van der Waals surface area contributed by atoms with Crippen LogP contribution in [0.1, 0.15) is 35.3 Å². The van der Waals surface area contributed by atoms with Gasteiger partial charge in [0.15, 0.2) is 5.78 Å². The first kappa shape index (κ1) is 14.4. The van der Waals surface area contributed by atoms with Gasteiger partial charge in [-0.2, -0.15) is 0 Å². The van der Waals surface area contributed by atoms with Crippen LogP contribution in [0.2, 0.25) is 0 Å². The summed E-state index contributed by atoms with van der Waals surface area (Å²) < 4.78 is 12.8. The van der Waals surface area contributed by atoms with Crippen molar-refractivity contribution in [3.8, 4) is 0 Å². The highest BCUT2D eigenvalue weighted by atomic mass is 19.1. The van der Waals surface area contributed by atoms with Crippen LogP contribution in [0.4, 0.5) is 4.39 Å². The van der Waals surface area contributed by atoms with Gasteiger partial charge in [-0.25, -0.2) is 4.39 Å². The number of hydrogen-bond donors (Lipinski definition) is 0. The van der Waals surface area contributed by atoms with Gasteiger partial charge in [0.25, 0.3) is 0 Å². The molecule has 0 unspecified atom stereocenters. The van der Waals surface area contributed by atoms with E-state index < -0.39 is 0 Å². The number of ketones is 1. The number of hydrogen-bond acceptors (Lipinski definition) is 1. The molecule has 0 amide bonds. The Hall–Kier alpha value is -1.96. The van der Waals surface area contributed by atoms with Crippen LogP contribution in [-0.2, 0) is 12.8 Å². The van der Waals surface area contributed by atoms with Crippen molar-refractivity contribution < 1.29 is 9.18 Å². The zero-order valence-electron chi connectivity index (χ0n) is 11.9. The fourth-order valence-corrected chi connectivity index (χ4v) is 2.19. The Bertz CT molecular complexity index is 567. The zero-order valence-corrected chi connectivity index (χ0v) is 11.9. The molecule has 0 aliphatic carbocycles. The molecule has 2 rings (SSSR count). The number of carbonyl (C=O) groups is 1. The van der Waals surface area contributed by atoms with Gasteiger partial charge in [-0.3, -0.25) is 4.79 Å². The van der Waals surface area contributed by atoms with Crippen molar-refractivity contribution in [2.24, 2.45) is 5.92 Å². The Labute approximate surface area is 119 Å².